The summed E-state index contributed by atoms with van der Waals surface area (Å²) in [5.41, 5.74) is 1.21. The highest BCUT2D eigenvalue weighted by atomic mass is 32.2. The van der Waals surface area contributed by atoms with Crippen LogP contribution in [0.15, 0.2) is 71.6 Å². The highest BCUT2D eigenvalue weighted by Crippen LogP contribution is 2.32. The number of nitrogens with one attached hydrogen (secondary N) is 2. The fraction of sp³-hybridized carbons (Fsp3) is 0.130. The minimum absolute atomic E-state index is 0.149. The molecule has 0 radical (unpaired) electrons. The maximum atomic E-state index is 12.3. The Balaban J connectivity index is 1.29. The summed E-state index contributed by atoms with van der Waals surface area (Å²) < 4.78 is 11.0. The van der Waals surface area contributed by atoms with E-state index in [1.165, 1.54) is 36.0 Å². The van der Waals surface area contributed by atoms with Crippen LogP contribution in [0.2, 0.25) is 0 Å². The lowest BCUT2D eigenvalue weighted by Crippen LogP contribution is -2.17. The number of carbonyl (C=O) groups excluding carboxylic acids is 2. The number of non-ortho nitro benzene ring substituents is 1. The summed E-state index contributed by atoms with van der Waals surface area (Å²) in [6.07, 6.45) is 0. The van der Waals surface area contributed by atoms with Crippen LogP contribution in [-0.4, -0.2) is 35.7 Å². The van der Waals surface area contributed by atoms with Gasteiger partial charge in [-0.15, -0.1) is 11.8 Å². The first-order valence-corrected chi connectivity index (χ1v) is 10.9. The van der Waals surface area contributed by atoms with E-state index in [1.807, 2.05) is 0 Å². The molecule has 0 fully saturated rings. The number of hydrogen-bond donors (Lipinski definition) is 2. The summed E-state index contributed by atoms with van der Waals surface area (Å²) in [7, 11) is 0. The van der Waals surface area contributed by atoms with Crippen molar-refractivity contribution in [2.45, 2.75) is 4.90 Å². The SMILES string of the molecule is O=C(CSc1ccc(NC(=O)c2cccc([N+](=O)[O-])c2)cc1)Nc1ccc2c(c1)OCCO2. The number of carbonyl (C=O) groups is 2. The Morgan fingerprint density at radius 3 is 2.39 bits per heavy atom. The largest absolute Gasteiger partial charge is 0.486 e. The summed E-state index contributed by atoms with van der Waals surface area (Å²) in [5, 5.41) is 16.4. The zero-order valence-electron chi connectivity index (χ0n) is 17.3. The molecule has 0 saturated heterocycles. The highest BCUT2D eigenvalue weighted by Gasteiger charge is 2.14. The number of nitro benzene ring substituents is 1. The van der Waals surface area contributed by atoms with Gasteiger partial charge in [0.2, 0.25) is 5.91 Å². The summed E-state index contributed by atoms with van der Waals surface area (Å²) in [6.45, 7) is 0.981. The molecule has 2 N–H and O–H groups in total. The van der Waals surface area contributed by atoms with Crippen LogP contribution in [0, 0.1) is 10.1 Å². The van der Waals surface area contributed by atoms with Crippen LogP contribution in [-0.2, 0) is 4.79 Å². The Kier molecular flexibility index (Phi) is 6.75. The monoisotopic (exact) mass is 465 g/mol. The minimum atomic E-state index is -0.549. The molecular weight excluding hydrogens is 446 g/mol. The van der Waals surface area contributed by atoms with Crippen LogP contribution in [0.3, 0.4) is 0 Å². The van der Waals surface area contributed by atoms with Crippen LogP contribution < -0.4 is 20.1 Å². The normalized spacial score (nSPS) is 12.0. The first-order valence-electron chi connectivity index (χ1n) is 9.96. The van der Waals surface area contributed by atoms with Gasteiger partial charge in [-0.2, -0.15) is 0 Å². The predicted molar refractivity (Wildman–Crippen MR) is 124 cm³/mol. The van der Waals surface area contributed by atoms with Crippen LogP contribution >= 0.6 is 11.8 Å². The molecule has 1 aliphatic heterocycles. The van der Waals surface area contributed by atoms with Crippen molar-refractivity contribution in [3.05, 3.63) is 82.4 Å². The van der Waals surface area contributed by atoms with E-state index in [1.54, 1.807) is 42.5 Å². The van der Waals surface area contributed by atoms with Crippen molar-refractivity contribution in [3.8, 4) is 11.5 Å². The molecule has 168 valence electrons. The van der Waals surface area contributed by atoms with E-state index in [2.05, 4.69) is 10.6 Å². The Morgan fingerprint density at radius 1 is 0.909 bits per heavy atom. The highest BCUT2D eigenvalue weighted by molar-refractivity contribution is 8.00. The van der Waals surface area contributed by atoms with Gasteiger partial charge >= 0.3 is 0 Å². The molecular formula is C23H19N3O6S. The van der Waals surface area contributed by atoms with Crippen molar-refractivity contribution in [2.24, 2.45) is 0 Å². The fourth-order valence-corrected chi connectivity index (χ4v) is 3.76. The third kappa shape index (κ3) is 5.80. The molecule has 1 heterocycles. The second-order valence-electron chi connectivity index (χ2n) is 6.98. The van der Waals surface area contributed by atoms with Crippen molar-refractivity contribution in [2.75, 3.05) is 29.6 Å². The average molecular weight is 465 g/mol. The lowest BCUT2D eigenvalue weighted by Gasteiger charge is -2.19. The number of amides is 2. The maximum Gasteiger partial charge on any atom is 0.270 e. The van der Waals surface area contributed by atoms with Crippen LogP contribution in [0.25, 0.3) is 0 Å². The first-order chi connectivity index (χ1) is 16.0. The van der Waals surface area contributed by atoms with E-state index in [-0.39, 0.29) is 22.9 Å². The number of nitro groups is 1. The summed E-state index contributed by atoms with van der Waals surface area (Å²) >= 11 is 1.35. The van der Waals surface area contributed by atoms with E-state index in [4.69, 9.17) is 9.47 Å². The molecule has 4 rings (SSSR count). The Hall–Kier alpha value is -4.05. The molecule has 10 heteroatoms. The third-order valence-electron chi connectivity index (χ3n) is 4.63. The number of nitrogens with zero attached hydrogens (tertiary/aromatic N) is 1. The topological polar surface area (TPSA) is 120 Å². The van der Waals surface area contributed by atoms with Gasteiger partial charge in [0.25, 0.3) is 11.6 Å². The van der Waals surface area contributed by atoms with Crippen molar-refractivity contribution in [1.29, 1.82) is 0 Å². The standard InChI is InChI=1S/C23H19N3O6S/c27-22(24-17-6-9-20-21(13-17)32-11-10-31-20)14-33-19-7-4-16(5-8-19)25-23(28)15-2-1-3-18(12-15)26(29)30/h1-9,12-13H,10-11,14H2,(H,24,27)(H,25,28). The zero-order valence-corrected chi connectivity index (χ0v) is 18.1. The molecule has 1 aliphatic rings. The van der Waals surface area contributed by atoms with E-state index >= 15 is 0 Å². The van der Waals surface area contributed by atoms with Gasteiger partial charge in [-0.1, -0.05) is 6.07 Å². The van der Waals surface area contributed by atoms with Gasteiger partial charge in [-0.25, -0.2) is 0 Å². The first kappa shape index (κ1) is 22.2. The van der Waals surface area contributed by atoms with Gasteiger partial charge in [0, 0.05) is 40.0 Å². The molecule has 0 aliphatic carbocycles. The lowest BCUT2D eigenvalue weighted by atomic mass is 10.2. The predicted octanol–water partition coefficient (Wildman–Crippen LogP) is 4.35. The minimum Gasteiger partial charge on any atom is -0.486 e. The third-order valence-corrected chi connectivity index (χ3v) is 5.64. The average Bonchev–Trinajstić information content (AvgIpc) is 2.83. The molecule has 33 heavy (non-hydrogen) atoms. The second-order valence-corrected chi connectivity index (χ2v) is 8.03. The van der Waals surface area contributed by atoms with E-state index in [9.17, 15) is 19.7 Å². The Bertz CT molecular complexity index is 1200. The Morgan fingerprint density at radius 2 is 1.64 bits per heavy atom. The molecule has 3 aromatic rings. The molecule has 0 aromatic heterocycles. The number of hydrogen-bond acceptors (Lipinski definition) is 7. The van der Waals surface area contributed by atoms with Gasteiger partial charge in [0.15, 0.2) is 11.5 Å². The zero-order chi connectivity index (χ0) is 23.2. The molecule has 9 nitrogen and oxygen atoms in total. The summed E-state index contributed by atoms with van der Waals surface area (Å²) in [5.74, 6) is 0.853. The maximum absolute atomic E-state index is 12.3. The van der Waals surface area contributed by atoms with Crippen molar-refractivity contribution in [3.63, 3.8) is 0 Å². The second kappa shape index (κ2) is 10.0. The van der Waals surface area contributed by atoms with E-state index in [0.717, 1.165) is 4.90 Å². The van der Waals surface area contributed by atoms with Gasteiger partial charge in [-0.3, -0.25) is 19.7 Å². The van der Waals surface area contributed by atoms with Crippen LogP contribution in [0.5, 0.6) is 11.5 Å². The van der Waals surface area contributed by atoms with Crippen molar-refractivity contribution >= 4 is 40.6 Å². The van der Waals surface area contributed by atoms with Gasteiger partial charge in [-0.05, 0) is 42.5 Å². The Labute approximate surface area is 193 Å². The van der Waals surface area contributed by atoms with Gasteiger partial charge in [0.05, 0.1) is 10.7 Å². The summed E-state index contributed by atoms with van der Waals surface area (Å²) in [4.78, 5) is 35.8. The number of rotatable bonds is 7. The molecule has 2 amide bonds. The van der Waals surface area contributed by atoms with Crippen molar-refractivity contribution in [1.82, 2.24) is 0 Å². The molecule has 0 saturated carbocycles. The number of anilines is 2. The molecule has 0 bridgehead atoms. The van der Waals surface area contributed by atoms with Gasteiger partial charge in [0.1, 0.15) is 13.2 Å². The molecule has 0 unspecified atom stereocenters. The quantitative estimate of drug-likeness (QED) is 0.302. The number of thioether (sulfide) groups is 1. The molecule has 0 atom stereocenters. The number of ether oxygens (including phenoxy) is 2. The number of fused-ring (bicyclic) bond motifs is 1. The van der Waals surface area contributed by atoms with Crippen LogP contribution in [0.1, 0.15) is 10.4 Å². The van der Waals surface area contributed by atoms with Gasteiger partial charge < -0.3 is 20.1 Å². The molecule has 3 aromatic carbocycles. The summed E-state index contributed by atoms with van der Waals surface area (Å²) in [6, 6.07) is 17.7. The lowest BCUT2D eigenvalue weighted by molar-refractivity contribution is -0.384. The smallest absolute Gasteiger partial charge is 0.270 e. The van der Waals surface area contributed by atoms with E-state index < -0.39 is 10.8 Å². The number of benzene rings is 3. The van der Waals surface area contributed by atoms with Crippen molar-refractivity contribution < 1.29 is 24.0 Å². The molecule has 0 spiro atoms. The van der Waals surface area contributed by atoms with E-state index in [0.29, 0.717) is 36.1 Å². The van der Waals surface area contributed by atoms with Crippen LogP contribution in [0.4, 0.5) is 17.1 Å². The fourth-order valence-electron chi connectivity index (χ4n) is 3.07.